The number of halogens is 2. The van der Waals surface area contributed by atoms with Crippen LogP contribution in [-0.4, -0.2) is 95.7 Å². The summed E-state index contributed by atoms with van der Waals surface area (Å²) in [4.78, 5) is 41.2. The zero-order chi connectivity index (χ0) is 29.3. The van der Waals surface area contributed by atoms with Crippen LogP contribution in [0.25, 0.3) is 11.4 Å². The Morgan fingerprint density at radius 2 is 1.86 bits per heavy atom. The molecule has 42 heavy (non-hydrogen) atoms. The number of nitrogens with two attached hydrogens (primary N) is 1. The normalized spacial score (nSPS) is 20.9. The van der Waals surface area contributed by atoms with Crippen molar-refractivity contribution >= 4 is 29.1 Å². The molecule has 0 aliphatic carbocycles. The van der Waals surface area contributed by atoms with Gasteiger partial charge in [0, 0.05) is 43.1 Å². The number of hydrogen-bond acceptors (Lipinski definition) is 10. The number of ether oxygens (including phenoxy) is 2. The summed E-state index contributed by atoms with van der Waals surface area (Å²) in [5, 5.41) is 5.28. The van der Waals surface area contributed by atoms with Gasteiger partial charge in [-0.05, 0) is 42.5 Å². The second-order valence-electron chi connectivity index (χ2n) is 10.5. The quantitative estimate of drug-likeness (QED) is 0.360. The topological polar surface area (TPSA) is 148 Å². The van der Waals surface area contributed by atoms with Gasteiger partial charge in [0.25, 0.3) is 11.8 Å². The lowest BCUT2D eigenvalue weighted by atomic mass is 10.0. The number of alkyl halides is 2. The number of nitrogens with zero attached hydrogens (tertiary/aromatic N) is 5. The van der Waals surface area contributed by atoms with Crippen LogP contribution in [0.15, 0.2) is 48.8 Å². The van der Waals surface area contributed by atoms with Gasteiger partial charge in [-0.2, -0.15) is 13.8 Å². The van der Waals surface area contributed by atoms with E-state index in [1.54, 1.807) is 6.07 Å². The standard InChI is InChI=1S/C28H30F2N8O4/c29-28(30)12-21(13-32-26(28)40)42-23-6-1-17(11-22(23)24(31)39)25-33-16-34-27(36-25)35-18-2-4-19(5-3-18)37-7-9-38(10-8-37)20-14-41-15-20/h1-6,11,16,20-21H,7-10,12-15H2,(H2,31,39)(H,32,40)(H,33,34,35,36)/t21-/m1/s1. The monoisotopic (exact) mass is 580 g/mol. The van der Waals surface area contributed by atoms with Gasteiger partial charge >= 0.3 is 5.92 Å². The van der Waals surface area contributed by atoms with Gasteiger partial charge in [-0.3, -0.25) is 14.5 Å². The van der Waals surface area contributed by atoms with Crippen molar-refractivity contribution in [3.05, 3.63) is 54.4 Å². The number of rotatable bonds is 8. The van der Waals surface area contributed by atoms with Gasteiger partial charge < -0.3 is 30.7 Å². The number of primary amides is 1. The highest BCUT2D eigenvalue weighted by Crippen LogP contribution is 2.30. The van der Waals surface area contributed by atoms with Gasteiger partial charge in [0.05, 0.1) is 37.8 Å². The molecule has 1 atom stereocenters. The molecule has 3 aliphatic rings. The van der Waals surface area contributed by atoms with Crippen LogP contribution in [-0.2, 0) is 9.53 Å². The number of aromatic nitrogens is 3. The first kappa shape index (κ1) is 27.7. The van der Waals surface area contributed by atoms with Crippen LogP contribution in [0.5, 0.6) is 5.75 Å². The van der Waals surface area contributed by atoms with Crippen molar-refractivity contribution in [2.45, 2.75) is 24.5 Å². The van der Waals surface area contributed by atoms with Crippen molar-refractivity contribution in [1.29, 1.82) is 0 Å². The first-order chi connectivity index (χ1) is 20.2. The number of carbonyl (C=O) groups is 2. The lowest BCUT2D eigenvalue weighted by molar-refractivity contribution is -0.154. The molecule has 220 valence electrons. The molecular weight excluding hydrogens is 550 g/mol. The average Bonchev–Trinajstić information content (AvgIpc) is 2.95. The van der Waals surface area contributed by atoms with Gasteiger partial charge in [0.1, 0.15) is 18.2 Å². The molecule has 0 saturated carbocycles. The maximum Gasteiger partial charge on any atom is 0.328 e. The summed E-state index contributed by atoms with van der Waals surface area (Å²) >= 11 is 0. The Bertz CT molecular complexity index is 1460. The molecule has 0 bridgehead atoms. The molecule has 3 aromatic rings. The molecule has 12 nitrogen and oxygen atoms in total. The zero-order valence-electron chi connectivity index (χ0n) is 22.6. The predicted octanol–water partition coefficient (Wildman–Crippen LogP) is 1.80. The van der Waals surface area contributed by atoms with Crippen LogP contribution in [0.2, 0.25) is 0 Å². The van der Waals surface area contributed by atoms with Crippen LogP contribution in [0.4, 0.5) is 26.1 Å². The molecule has 14 heteroatoms. The molecule has 3 aliphatic heterocycles. The summed E-state index contributed by atoms with van der Waals surface area (Å²) in [6, 6.07) is 13.0. The van der Waals surface area contributed by atoms with Gasteiger partial charge in [0.15, 0.2) is 5.82 Å². The average molecular weight is 581 g/mol. The Morgan fingerprint density at radius 1 is 1.10 bits per heavy atom. The summed E-state index contributed by atoms with van der Waals surface area (Å²) in [6.07, 6.45) is -0.504. The minimum Gasteiger partial charge on any atom is -0.488 e. The van der Waals surface area contributed by atoms with Crippen LogP contribution >= 0.6 is 0 Å². The Hall–Kier alpha value is -4.43. The first-order valence-electron chi connectivity index (χ1n) is 13.6. The summed E-state index contributed by atoms with van der Waals surface area (Å²) in [6.45, 7) is 5.49. The van der Waals surface area contributed by atoms with Crippen molar-refractivity contribution < 1.29 is 27.8 Å². The molecule has 3 saturated heterocycles. The third kappa shape index (κ3) is 5.94. The summed E-state index contributed by atoms with van der Waals surface area (Å²) in [5.41, 5.74) is 7.91. The number of benzene rings is 2. The smallest absolute Gasteiger partial charge is 0.328 e. The summed E-state index contributed by atoms with van der Waals surface area (Å²) < 4.78 is 38.6. The number of carbonyl (C=O) groups excluding carboxylic acids is 2. The molecule has 6 rings (SSSR count). The number of piperidine rings is 1. The van der Waals surface area contributed by atoms with Crippen LogP contribution in [0.1, 0.15) is 16.8 Å². The number of anilines is 3. The molecule has 2 aromatic carbocycles. The van der Waals surface area contributed by atoms with E-state index in [-0.39, 0.29) is 23.7 Å². The Morgan fingerprint density at radius 3 is 2.52 bits per heavy atom. The molecule has 2 amide bonds. The molecule has 4 heterocycles. The highest BCUT2D eigenvalue weighted by molar-refractivity contribution is 5.97. The lowest BCUT2D eigenvalue weighted by Crippen LogP contribution is -2.56. The Kier molecular flexibility index (Phi) is 7.56. The van der Waals surface area contributed by atoms with E-state index in [4.69, 9.17) is 15.2 Å². The number of nitrogens with one attached hydrogen (secondary N) is 2. The minimum atomic E-state index is -3.56. The summed E-state index contributed by atoms with van der Waals surface area (Å²) in [5.74, 6) is -5.14. The van der Waals surface area contributed by atoms with Gasteiger partial charge in [-0.25, -0.2) is 9.97 Å². The van der Waals surface area contributed by atoms with E-state index in [9.17, 15) is 18.4 Å². The van der Waals surface area contributed by atoms with Crippen LogP contribution < -0.4 is 26.0 Å². The van der Waals surface area contributed by atoms with E-state index >= 15 is 0 Å². The van der Waals surface area contributed by atoms with E-state index in [0.717, 1.165) is 50.8 Å². The van der Waals surface area contributed by atoms with Crippen LogP contribution in [0, 0.1) is 0 Å². The van der Waals surface area contributed by atoms with Gasteiger partial charge in [-0.15, -0.1) is 0 Å². The van der Waals surface area contributed by atoms with Crippen molar-refractivity contribution in [1.82, 2.24) is 25.2 Å². The van der Waals surface area contributed by atoms with E-state index in [2.05, 4.69) is 47.5 Å². The second kappa shape index (κ2) is 11.4. The second-order valence-corrected chi connectivity index (χ2v) is 10.5. The number of hydrogen-bond donors (Lipinski definition) is 3. The van der Waals surface area contributed by atoms with Crippen molar-refractivity contribution in [2.24, 2.45) is 5.73 Å². The van der Waals surface area contributed by atoms with E-state index in [0.29, 0.717) is 17.6 Å². The fourth-order valence-electron chi connectivity index (χ4n) is 5.17. The van der Waals surface area contributed by atoms with Crippen LogP contribution in [0.3, 0.4) is 0 Å². The highest BCUT2D eigenvalue weighted by atomic mass is 19.3. The third-order valence-electron chi connectivity index (χ3n) is 7.61. The van der Waals surface area contributed by atoms with Crippen molar-refractivity contribution in [3.63, 3.8) is 0 Å². The van der Waals surface area contributed by atoms with E-state index in [1.165, 1.54) is 18.5 Å². The first-order valence-corrected chi connectivity index (χ1v) is 13.6. The van der Waals surface area contributed by atoms with Crippen molar-refractivity contribution in [3.8, 4) is 17.1 Å². The molecule has 0 radical (unpaired) electrons. The fourth-order valence-corrected chi connectivity index (χ4v) is 5.17. The Balaban J connectivity index is 1.11. The number of amides is 2. The Labute approximate surface area is 240 Å². The largest absolute Gasteiger partial charge is 0.488 e. The zero-order valence-corrected chi connectivity index (χ0v) is 22.6. The molecule has 3 fully saturated rings. The molecule has 1 aromatic heterocycles. The maximum atomic E-state index is 13.8. The SMILES string of the molecule is NC(=O)c1cc(-c2ncnc(Nc3ccc(N4CCN(C5COC5)CC4)cc3)n2)ccc1O[C@H]1CNC(=O)C(F)(F)C1. The third-order valence-corrected chi connectivity index (χ3v) is 7.61. The minimum absolute atomic E-state index is 0.0224. The van der Waals surface area contributed by atoms with Gasteiger partial charge in [-0.1, -0.05) is 0 Å². The molecule has 0 spiro atoms. The molecular formula is C28H30F2N8O4. The fraction of sp³-hybridized carbons (Fsp3) is 0.393. The van der Waals surface area contributed by atoms with E-state index < -0.39 is 30.3 Å². The summed E-state index contributed by atoms with van der Waals surface area (Å²) in [7, 11) is 0. The van der Waals surface area contributed by atoms with E-state index in [1.807, 2.05) is 12.1 Å². The molecule has 4 N–H and O–H groups in total. The maximum absolute atomic E-state index is 13.8. The lowest BCUT2D eigenvalue weighted by Gasteiger charge is -2.43. The highest BCUT2D eigenvalue weighted by Gasteiger charge is 2.45. The number of piperazine rings is 1. The molecule has 0 unspecified atom stereocenters. The van der Waals surface area contributed by atoms with Crippen molar-refractivity contribution in [2.75, 3.05) is 56.2 Å². The van der Waals surface area contributed by atoms with Gasteiger partial charge in [0.2, 0.25) is 5.95 Å². The predicted molar refractivity (Wildman–Crippen MR) is 149 cm³/mol.